The van der Waals surface area contributed by atoms with E-state index in [4.69, 9.17) is 5.73 Å². The van der Waals surface area contributed by atoms with E-state index in [0.717, 1.165) is 22.2 Å². The van der Waals surface area contributed by atoms with Crippen LogP contribution in [0.1, 0.15) is 12.6 Å². The lowest BCUT2D eigenvalue weighted by Crippen LogP contribution is -2.14. The Hall–Kier alpha value is -0.850. The molecule has 0 radical (unpaired) electrons. The molecular formula is C11H15N3OS2. The van der Waals surface area contributed by atoms with Gasteiger partial charge in [0.2, 0.25) is 0 Å². The summed E-state index contributed by atoms with van der Waals surface area (Å²) in [6.07, 6.45) is 1.75. The molecule has 17 heavy (non-hydrogen) atoms. The predicted molar refractivity (Wildman–Crippen MR) is 73.7 cm³/mol. The lowest BCUT2D eigenvalue weighted by atomic mass is 10.2. The zero-order chi connectivity index (χ0) is 12.3. The van der Waals surface area contributed by atoms with Crippen LogP contribution in [0.3, 0.4) is 0 Å². The monoisotopic (exact) mass is 269 g/mol. The van der Waals surface area contributed by atoms with Crippen molar-refractivity contribution >= 4 is 28.1 Å². The summed E-state index contributed by atoms with van der Waals surface area (Å²) in [4.78, 5) is 16.9. The molecule has 0 amide bonds. The Kier molecular flexibility index (Phi) is 4.20. The molecule has 2 rings (SSSR count). The number of aromatic nitrogens is 2. The van der Waals surface area contributed by atoms with Gasteiger partial charge in [-0.2, -0.15) is 11.8 Å². The second-order valence-corrected chi connectivity index (χ2v) is 5.90. The summed E-state index contributed by atoms with van der Waals surface area (Å²) < 4.78 is 1.57. The highest BCUT2D eigenvalue weighted by Gasteiger charge is 2.04. The average Bonchev–Trinajstić information content (AvgIpc) is 2.77. The molecule has 0 saturated heterocycles. The molecule has 0 aromatic carbocycles. The first kappa shape index (κ1) is 12.6. The second-order valence-electron chi connectivity index (χ2n) is 4.00. The molecule has 1 unspecified atom stereocenters. The highest BCUT2D eigenvalue weighted by molar-refractivity contribution is 7.98. The quantitative estimate of drug-likeness (QED) is 0.895. The van der Waals surface area contributed by atoms with Gasteiger partial charge in [-0.25, -0.2) is 4.98 Å². The van der Waals surface area contributed by atoms with Crippen LogP contribution in [0, 0.1) is 5.92 Å². The van der Waals surface area contributed by atoms with Crippen molar-refractivity contribution in [2.45, 2.75) is 12.7 Å². The minimum absolute atomic E-state index is 0.00118. The maximum absolute atomic E-state index is 11.7. The molecule has 2 heterocycles. The van der Waals surface area contributed by atoms with Crippen LogP contribution >= 0.6 is 23.1 Å². The van der Waals surface area contributed by atoms with Gasteiger partial charge in [-0.3, -0.25) is 9.20 Å². The van der Waals surface area contributed by atoms with E-state index in [2.05, 4.69) is 11.9 Å². The molecule has 2 N–H and O–H groups in total. The molecule has 4 nitrogen and oxygen atoms in total. The van der Waals surface area contributed by atoms with Crippen molar-refractivity contribution in [3.05, 3.63) is 33.7 Å². The minimum Gasteiger partial charge on any atom is -0.330 e. The molecule has 2 aromatic rings. The van der Waals surface area contributed by atoms with Crippen LogP contribution in [-0.4, -0.2) is 21.7 Å². The van der Waals surface area contributed by atoms with Crippen LogP contribution in [0.25, 0.3) is 4.96 Å². The summed E-state index contributed by atoms with van der Waals surface area (Å²) in [6.45, 7) is 2.82. The smallest absolute Gasteiger partial charge is 0.258 e. The number of hydrogen-bond acceptors (Lipinski definition) is 5. The van der Waals surface area contributed by atoms with E-state index in [9.17, 15) is 4.79 Å². The molecular weight excluding hydrogens is 254 g/mol. The minimum atomic E-state index is -0.00118. The molecule has 0 spiro atoms. The number of rotatable bonds is 5. The summed E-state index contributed by atoms with van der Waals surface area (Å²) in [7, 11) is 0. The van der Waals surface area contributed by atoms with Crippen molar-refractivity contribution in [3.8, 4) is 0 Å². The van der Waals surface area contributed by atoms with Crippen molar-refractivity contribution in [3.63, 3.8) is 0 Å². The van der Waals surface area contributed by atoms with E-state index < -0.39 is 0 Å². The Bertz CT molecular complexity index is 549. The Morgan fingerprint density at radius 1 is 1.65 bits per heavy atom. The van der Waals surface area contributed by atoms with E-state index in [0.29, 0.717) is 12.5 Å². The molecule has 2 aromatic heterocycles. The second kappa shape index (κ2) is 5.66. The molecule has 0 aliphatic carbocycles. The Morgan fingerprint density at radius 3 is 3.24 bits per heavy atom. The van der Waals surface area contributed by atoms with Gasteiger partial charge in [0, 0.05) is 23.4 Å². The van der Waals surface area contributed by atoms with E-state index in [1.807, 2.05) is 5.38 Å². The van der Waals surface area contributed by atoms with Crippen molar-refractivity contribution in [1.29, 1.82) is 0 Å². The molecule has 0 fully saturated rings. The number of hydrogen-bond donors (Lipinski definition) is 1. The molecule has 0 bridgehead atoms. The maximum Gasteiger partial charge on any atom is 0.258 e. The first-order chi connectivity index (χ1) is 8.20. The van der Waals surface area contributed by atoms with E-state index in [-0.39, 0.29) is 5.56 Å². The zero-order valence-corrected chi connectivity index (χ0v) is 11.3. The van der Waals surface area contributed by atoms with Crippen molar-refractivity contribution in [2.75, 3.05) is 12.3 Å². The third kappa shape index (κ3) is 3.08. The summed E-state index contributed by atoms with van der Waals surface area (Å²) in [5.41, 5.74) is 6.41. The largest absolute Gasteiger partial charge is 0.330 e. The third-order valence-electron chi connectivity index (χ3n) is 2.41. The van der Waals surface area contributed by atoms with Gasteiger partial charge in [-0.1, -0.05) is 6.92 Å². The van der Waals surface area contributed by atoms with E-state index >= 15 is 0 Å². The normalized spacial score (nSPS) is 13.1. The summed E-state index contributed by atoms with van der Waals surface area (Å²) >= 11 is 3.26. The van der Waals surface area contributed by atoms with Gasteiger partial charge in [0.1, 0.15) is 0 Å². The highest BCUT2D eigenvalue weighted by atomic mass is 32.2. The van der Waals surface area contributed by atoms with Gasteiger partial charge < -0.3 is 5.73 Å². The van der Waals surface area contributed by atoms with Gasteiger partial charge in [0.15, 0.2) is 4.96 Å². The number of nitrogens with two attached hydrogens (primary N) is 1. The molecule has 1 atom stereocenters. The zero-order valence-electron chi connectivity index (χ0n) is 9.63. The first-order valence-corrected chi connectivity index (χ1v) is 7.47. The Balaban J connectivity index is 2.06. The summed E-state index contributed by atoms with van der Waals surface area (Å²) in [5.74, 6) is 2.28. The number of fused-ring (bicyclic) bond motifs is 1. The number of thiazole rings is 1. The topological polar surface area (TPSA) is 60.4 Å². The van der Waals surface area contributed by atoms with Crippen LogP contribution < -0.4 is 11.3 Å². The molecule has 0 aliphatic heterocycles. The van der Waals surface area contributed by atoms with Crippen LogP contribution in [0.5, 0.6) is 0 Å². The first-order valence-electron chi connectivity index (χ1n) is 5.44. The van der Waals surface area contributed by atoms with Crippen molar-refractivity contribution in [2.24, 2.45) is 11.7 Å². The van der Waals surface area contributed by atoms with E-state index in [1.165, 1.54) is 11.3 Å². The maximum atomic E-state index is 11.7. The molecule has 0 aliphatic rings. The van der Waals surface area contributed by atoms with Gasteiger partial charge in [-0.05, 0) is 18.2 Å². The Labute approximate surface area is 108 Å². The Morgan fingerprint density at radius 2 is 2.47 bits per heavy atom. The standard InChI is InChI=1S/C11H15N3OS2/c1-8(5-12)6-16-7-9-4-10(15)14-2-3-17-11(14)13-9/h2-4,8H,5-7,12H2,1H3. The summed E-state index contributed by atoms with van der Waals surface area (Å²) in [6, 6.07) is 1.61. The lowest BCUT2D eigenvalue weighted by molar-refractivity contribution is 0.675. The van der Waals surface area contributed by atoms with Crippen molar-refractivity contribution in [1.82, 2.24) is 9.38 Å². The van der Waals surface area contributed by atoms with Crippen LogP contribution in [0.2, 0.25) is 0 Å². The number of nitrogens with zero attached hydrogens (tertiary/aromatic N) is 2. The average molecular weight is 269 g/mol. The van der Waals surface area contributed by atoms with Gasteiger partial charge in [0.05, 0.1) is 5.69 Å². The lowest BCUT2D eigenvalue weighted by Gasteiger charge is -2.07. The predicted octanol–water partition coefficient (Wildman–Crippen LogP) is 1.58. The van der Waals surface area contributed by atoms with Crippen molar-refractivity contribution < 1.29 is 0 Å². The fraction of sp³-hybridized carbons (Fsp3) is 0.455. The van der Waals surface area contributed by atoms with Crippen LogP contribution in [0.4, 0.5) is 0 Å². The number of thioether (sulfide) groups is 1. The van der Waals surface area contributed by atoms with Crippen LogP contribution in [-0.2, 0) is 5.75 Å². The molecule has 6 heteroatoms. The van der Waals surface area contributed by atoms with Gasteiger partial charge >= 0.3 is 0 Å². The van der Waals surface area contributed by atoms with Gasteiger partial charge in [0.25, 0.3) is 5.56 Å². The highest BCUT2D eigenvalue weighted by Crippen LogP contribution is 2.14. The fourth-order valence-corrected chi connectivity index (χ4v) is 3.15. The SMILES string of the molecule is CC(CN)CSCc1cc(=O)n2ccsc2n1. The third-order valence-corrected chi connectivity index (χ3v) is 4.47. The van der Waals surface area contributed by atoms with Gasteiger partial charge in [-0.15, -0.1) is 11.3 Å². The summed E-state index contributed by atoms with van der Waals surface area (Å²) in [5, 5.41) is 1.87. The molecule has 0 saturated carbocycles. The molecule has 92 valence electrons. The van der Waals surface area contributed by atoms with Crippen LogP contribution in [0.15, 0.2) is 22.4 Å². The fourth-order valence-electron chi connectivity index (χ4n) is 1.39. The van der Waals surface area contributed by atoms with E-state index in [1.54, 1.807) is 28.4 Å².